The van der Waals surface area contributed by atoms with Gasteiger partial charge in [0.25, 0.3) is 0 Å². The average Bonchev–Trinajstić information content (AvgIpc) is 1.91. The van der Waals surface area contributed by atoms with Crippen LogP contribution in [0, 0.1) is 0 Å². The van der Waals surface area contributed by atoms with Gasteiger partial charge in [-0.15, -0.1) is 0 Å². The van der Waals surface area contributed by atoms with E-state index in [-0.39, 0.29) is 5.91 Å². The molecule has 0 radical (unpaired) electrons. The summed E-state index contributed by atoms with van der Waals surface area (Å²) in [5.41, 5.74) is 4.50. The van der Waals surface area contributed by atoms with Crippen LogP contribution in [-0.4, -0.2) is 31.7 Å². The van der Waals surface area contributed by atoms with Crippen LogP contribution < -0.4 is 11.1 Å². The minimum Gasteiger partial charge on any atom is -0.387 e. The van der Waals surface area contributed by atoms with Crippen molar-refractivity contribution in [2.45, 2.75) is 0 Å². The fraction of sp³-hybridized carbons (Fsp3) is 0.750. The predicted octanol–water partition coefficient (Wildman–Crippen LogP) is -1.70. The van der Waals surface area contributed by atoms with Crippen LogP contribution in [-0.2, 0) is 4.79 Å². The van der Waals surface area contributed by atoms with Gasteiger partial charge in [-0.3, -0.25) is 4.79 Å². The first kappa shape index (κ1) is 10.4. The first-order valence-corrected chi connectivity index (χ1v) is 2.20. The molecule has 0 fully saturated rings. The standard InChI is InChI=1S/C3H7NO2.CH5N/c1-4-3(6)2-5;1-2/h5H,2H2,1H3,(H,4,6);2H2,1H3. The highest BCUT2D eigenvalue weighted by molar-refractivity contribution is 5.76. The molecular weight excluding hydrogens is 108 g/mol. The molecule has 0 unspecified atom stereocenters. The van der Waals surface area contributed by atoms with E-state index in [1.807, 2.05) is 0 Å². The fourth-order valence-corrected chi connectivity index (χ4v) is 0.0791. The molecule has 0 bridgehead atoms. The Balaban J connectivity index is 0. The fourth-order valence-electron chi connectivity index (χ4n) is 0.0791. The van der Waals surface area contributed by atoms with E-state index in [4.69, 9.17) is 5.11 Å². The molecule has 4 N–H and O–H groups in total. The normalized spacial score (nSPS) is 6.50. The Bertz CT molecular complexity index is 50.0. The first-order chi connectivity index (χ1) is 3.81. The summed E-state index contributed by atoms with van der Waals surface area (Å²) in [6.07, 6.45) is 0. The van der Waals surface area contributed by atoms with E-state index in [1.165, 1.54) is 14.1 Å². The lowest BCUT2D eigenvalue weighted by Gasteiger charge is -1.86. The minimum atomic E-state index is -0.420. The number of amides is 1. The third-order valence-electron chi connectivity index (χ3n) is 0.422. The van der Waals surface area contributed by atoms with Gasteiger partial charge < -0.3 is 16.2 Å². The molecule has 0 saturated carbocycles. The molecule has 0 saturated heterocycles. The molecule has 50 valence electrons. The van der Waals surface area contributed by atoms with Gasteiger partial charge in [0, 0.05) is 7.05 Å². The molecule has 0 spiro atoms. The molecule has 0 aliphatic carbocycles. The van der Waals surface area contributed by atoms with Crippen molar-refractivity contribution in [3.05, 3.63) is 0 Å². The van der Waals surface area contributed by atoms with Crippen LogP contribution in [0.5, 0.6) is 0 Å². The number of hydrogen-bond acceptors (Lipinski definition) is 3. The number of aliphatic hydroxyl groups excluding tert-OH is 1. The minimum absolute atomic E-state index is 0.352. The highest BCUT2D eigenvalue weighted by Gasteiger charge is 1.86. The number of carbonyl (C=O) groups excluding carboxylic acids is 1. The Morgan fingerprint density at radius 1 is 1.75 bits per heavy atom. The second-order valence-corrected chi connectivity index (χ2v) is 0.831. The molecule has 0 aromatic carbocycles. The molecule has 0 aromatic heterocycles. The summed E-state index contributed by atoms with van der Waals surface area (Å²) in [6, 6.07) is 0. The highest BCUT2D eigenvalue weighted by atomic mass is 16.3. The summed E-state index contributed by atoms with van der Waals surface area (Å²) in [5, 5.41) is 10.1. The molecule has 0 aliphatic heterocycles. The quantitative estimate of drug-likeness (QED) is 0.386. The van der Waals surface area contributed by atoms with Crippen molar-refractivity contribution < 1.29 is 9.90 Å². The zero-order valence-electron chi connectivity index (χ0n) is 5.14. The molecule has 0 aliphatic rings. The number of carbonyl (C=O) groups is 1. The smallest absolute Gasteiger partial charge is 0.245 e. The third kappa shape index (κ3) is 9.04. The van der Waals surface area contributed by atoms with Gasteiger partial charge >= 0.3 is 0 Å². The van der Waals surface area contributed by atoms with Crippen molar-refractivity contribution in [2.24, 2.45) is 5.73 Å². The SMILES string of the molecule is CN.CNC(=O)CO. The number of nitrogens with one attached hydrogen (secondary N) is 1. The van der Waals surface area contributed by atoms with Gasteiger partial charge in [-0.05, 0) is 7.05 Å². The number of rotatable bonds is 1. The van der Waals surface area contributed by atoms with Crippen LogP contribution in [0.15, 0.2) is 0 Å². The zero-order valence-corrected chi connectivity index (χ0v) is 5.14. The second kappa shape index (κ2) is 9.63. The molecule has 0 heterocycles. The molecule has 0 aromatic rings. The Labute approximate surface area is 48.7 Å². The van der Waals surface area contributed by atoms with Gasteiger partial charge in [0.1, 0.15) is 6.61 Å². The Morgan fingerprint density at radius 3 is 2.12 bits per heavy atom. The summed E-state index contributed by atoms with van der Waals surface area (Å²) in [7, 11) is 2.97. The summed E-state index contributed by atoms with van der Waals surface area (Å²) in [4.78, 5) is 9.82. The highest BCUT2D eigenvalue weighted by Crippen LogP contribution is 1.51. The molecule has 1 amide bonds. The maximum Gasteiger partial charge on any atom is 0.245 e. The van der Waals surface area contributed by atoms with Crippen molar-refractivity contribution in [3.63, 3.8) is 0 Å². The lowest BCUT2D eigenvalue weighted by Crippen LogP contribution is -2.20. The van der Waals surface area contributed by atoms with Gasteiger partial charge in [0.15, 0.2) is 0 Å². The van der Waals surface area contributed by atoms with E-state index in [2.05, 4.69) is 11.1 Å². The molecule has 0 atom stereocenters. The largest absolute Gasteiger partial charge is 0.387 e. The van der Waals surface area contributed by atoms with E-state index in [1.54, 1.807) is 0 Å². The van der Waals surface area contributed by atoms with Gasteiger partial charge in [-0.2, -0.15) is 0 Å². The van der Waals surface area contributed by atoms with Gasteiger partial charge in [-0.1, -0.05) is 0 Å². The number of hydrogen-bond donors (Lipinski definition) is 3. The number of nitrogens with two attached hydrogens (primary N) is 1. The van der Waals surface area contributed by atoms with Crippen molar-refractivity contribution in [3.8, 4) is 0 Å². The maximum atomic E-state index is 9.82. The lowest BCUT2D eigenvalue weighted by molar-refractivity contribution is -0.123. The summed E-state index contributed by atoms with van der Waals surface area (Å²) in [6.45, 7) is -0.420. The molecule has 4 heteroatoms. The predicted molar refractivity (Wildman–Crippen MR) is 31.3 cm³/mol. The van der Waals surface area contributed by atoms with Crippen LogP contribution in [0.25, 0.3) is 0 Å². The lowest BCUT2D eigenvalue weighted by atomic mass is 10.7. The molecule has 8 heavy (non-hydrogen) atoms. The van der Waals surface area contributed by atoms with Crippen LogP contribution in [0.1, 0.15) is 0 Å². The van der Waals surface area contributed by atoms with Gasteiger partial charge in [-0.25, -0.2) is 0 Å². The van der Waals surface area contributed by atoms with Crippen LogP contribution in [0.4, 0.5) is 0 Å². The van der Waals surface area contributed by atoms with Crippen LogP contribution >= 0.6 is 0 Å². The maximum absolute atomic E-state index is 9.82. The van der Waals surface area contributed by atoms with E-state index in [0.717, 1.165) is 0 Å². The molecule has 4 nitrogen and oxygen atoms in total. The molecular formula is C4H12N2O2. The van der Waals surface area contributed by atoms with Crippen molar-refractivity contribution >= 4 is 5.91 Å². The van der Waals surface area contributed by atoms with Crippen LogP contribution in [0.2, 0.25) is 0 Å². The number of likely N-dealkylation sites (N-methyl/N-ethyl adjacent to an activating group) is 1. The number of aliphatic hydroxyl groups is 1. The van der Waals surface area contributed by atoms with Gasteiger partial charge in [0.05, 0.1) is 0 Å². The third-order valence-corrected chi connectivity index (χ3v) is 0.422. The van der Waals surface area contributed by atoms with E-state index >= 15 is 0 Å². The van der Waals surface area contributed by atoms with Crippen molar-refractivity contribution in [1.29, 1.82) is 0 Å². The van der Waals surface area contributed by atoms with E-state index < -0.39 is 6.61 Å². The first-order valence-electron chi connectivity index (χ1n) is 2.20. The average molecular weight is 120 g/mol. The monoisotopic (exact) mass is 120 g/mol. The zero-order chi connectivity index (χ0) is 6.99. The van der Waals surface area contributed by atoms with Crippen molar-refractivity contribution in [1.82, 2.24) is 5.32 Å². The van der Waals surface area contributed by atoms with E-state index in [9.17, 15) is 4.79 Å². The topological polar surface area (TPSA) is 75.3 Å². The Morgan fingerprint density at radius 2 is 2.12 bits per heavy atom. The van der Waals surface area contributed by atoms with Crippen LogP contribution in [0.3, 0.4) is 0 Å². The van der Waals surface area contributed by atoms with Crippen molar-refractivity contribution in [2.75, 3.05) is 20.7 Å². The molecule has 0 rings (SSSR count). The van der Waals surface area contributed by atoms with Gasteiger partial charge in [0.2, 0.25) is 5.91 Å². The summed E-state index contributed by atoms with van der Waals surface area (Å²) >= 11 is 0. The Kier molecular flexibility index (Phi) is 12.5. The van der Waals surface area contributed by atoms with E-state index in [0.29, 0.717) is 0 Å². The second-order valence-electron chi connectivity index (χ2n) is 0.831. The summed E-state index contributed by atoms with van der Waals surface area (Å²) < 4.78 is 0. The summed E-state index contributed by atoms with van der Waals surface area (Å²) in [5.74, 6) is -0.352. The Hall–Kier alpha value is -0.610.